The van der Waals surface area contributed by atoms with E-state index in [9.17, 15) is 4.79 Å². The standard InChI is InChI=1S/C21H29N3O2/c1-16-9-11-17(12-10-16)19(24(2)3)15-23-21(25)22-14-13-18-7-5-6-8-20(18)26-4/h5-12,19H,13-15H2,1-4H3,(H2,22,23,25). The molecule has 26 heavy (non-hydrogen) atoms. The van der Waals surface area contributed by atoms with Crippen LogP contribution in [0.1, 0.15) is 22.7 Å². The van der Waals surface area contributed by atoms with Crippen LogP contribution in [-0.2, 0) is 6.42 Å². The Morgan fingerprint density at radius 2 is 1.77 bits per heavy atom. The van der Waals surface area contributed by atoms with Gasteiger partial charge >= 0.3 is 6.03 Å². The lowest BCUT2D eigenvalue weighted by molar-refractivity contribution is 0.233. The number of urea groups is 1. The van der Waals surface area contributed by atoms with Gasteiger partial charge in [-0.3, -0.25) is 0 Å². The van der Waals surface area contributed by atoms with Gasteiger partial charge < -0.3 is 20.3 Å². The van der Waals surface area contributed by atoms with Gasteiger partial charge in [0.25, 0.3) is 0 Å². The first-order valence-electron chi connectivity index (χ1n) is 8.88. The van der Waals surface area contributed by atoms with Gasteiger partial charge in [0.15, 0.2) is 0 Å². The van der Waals surface area contributed by atoms with Crippen LogP contribution >= 0.6 is 0 Å². The molecule has 0 saturated heterocycles. The third-order valence-electron chi connectivity index (χ3n) is 4.41. The Kier molecular flexibility index (Phi) is 7.48. The smallest absolute Gasteiger partial charge is 0.314 e. The molecule has 5 nitrogen and oxygen atoms in total. The summed E-state index contributed by atoms with van der Waals surface area (Å²) in [4.78, 5) is 14.2. The van der Waals surface area contributed by atoms with Crippen LogP contribution < -0.4 is 15.4 Å². The summed E-state index contributed by atoms with van der Waals surface area (Å²) in [5.41, 5.74) is 3.50. The highest BCUT2D eigenvalue weighted by molar-refractivity contribution is 5.73. The molecule has 5 heteroatoms. The molecule has 0 heterocycles. The van der Waals surface area contributed by atoms with Crippen molar-refractivity contribution in [1.29, 1.82) is 0 Å². The number of ether oxygens (including phenoxy) is 1. The number of nitrogens with one attached hydrogen (secondary N) is 2. The third-order valence-corrected chi connectivity index (χ3v) is 4.41. The molecule has 2 N–H and O–H groups in total. The van der Waals surface area contributed by atoms with Gasteiger partial charge in [-0.05, 0) is 44.6 Å². The third kappa shape index (κ3) is 5.77. The largest absolute Gasteiger partial charge is 0.496 e. The fourth-order valence-corrected chi connectivity index (χ4v) is 2.86. The van der Waals surface area contributed by atoms with E-state index in [1.807, 2.05) is 38.4 Å². The van der Waals surface area contributed by atoms with Gasteiger partial charge in [0, 0.05) is 13.1 Å². The minimum absolute atomic E-state index is 0.135. The van der Waals surface area contributed by atoms with Crippen LogP contribution in [0.3, 0.4) is 0 Å². The molecule has 2 amide bonds. The fourth-order valence-electron chi connectivity index (χ4n) is 2.86. The van der Waals surface area contributed by atoms with Crippen molar-refractivity contribution in [1.82, 2.24) is 15.5 Å². The first kappa shape index (κ1) is 19.8. The quantitative estimate of drug-likeness (QED) is 0.765. The molecule has 1 atom stereocenters. The monoisotopic (exact) mass is 355 g/mol. The lowest BCUT2D eigenvalue weighted by atomic mass is 10.0. The molecule has 140 valence electrons. The number of carbonyl (C=O) groups is 1. The summed E-state index contributed by atoms with van der Waals surface area (Å²) in [6.07, 6.45) is 0.729. The molecular weight excluding hydrogens is 326 g/mol. The number of amides is 2. The van der Waals surface area contributed by atoms with Gasteiger partial charge in [0.2, 0.25) is 0 Å². The van der Waals surface area contributed by atoms with Crippen molar-refractivity contribution in [3.63, 3.8) is 0 Å². The zero-order valence-electron chi connectivity index (χ0n) is 16.1. The Morgan fingerprint density at radius 1 is 1.08 bits per heavy atom. The molecule has 0 fully saturated rings. The molecule has 2 aromatic rings. The van der Waals surface area contributed by atoms with E-state index in [0.29, 0.717) is 13.1 Å². The predicted molar refractivity (Wildman–Crippen MR) is 106 cm³/mol. The fraction of sp³-hybridized carbons (Fsp3) is 0.381. The lowest BCUT2D eigenvalue weighted by Gasteiger charge is -2.25. The molecular formula is C21H29N3O2. The van der Waals surface area contributed by atoms with Gasteiger partial charge in [-0.1, -0.05) is 48.0 Å². The molecule has 0 bridgehead atoms. The van der Waals surface area contributed by atoms with Crippen LogP contribution in [-0.4, -0.2) is 45.2 Å². The minimum atomic E-state index is -0.154. The molecule has 2 rings (SSSR count). The maximum atomic E-state index is 12.1. The summed E-state index contributed by atoms with van der Waals surface area (Å²) in [5, 5.41) is 5.88. The van der Waals surface area contributed by atoms with Gasteiger partial charge in [-0.2, -0.15) is 0 Å². The summed E-state index contributed by atoms with van der Waals surface area (Å²) >= 11 is 0. The van der Waals surface area contributed by atoms with Crippen LogP contribution in [0.15, 0.2) is 48.5 Å². The Bertz CT molecular complexity index is 699. The molecule has 0 radical (unpaired) electrons. The SMILES string of the molecule is COc1ccccc1CCNC(=O)NCC(c1ccc(C)cc1)N(C)C. The zero-order chi connectivity index (χ0) is 18.9. The van der Waals surface area contributed by atoms with Crippen LogP contribution in [0, 0.1) is 6.92 Å². The summed E-state index contributed by atoms with van der Waals surface area (Å²) < 4.78 is 5.33. The van der Waals surface area contributed by atoms with Gasteiger partial charge in [0.1, 0.15) is 5.75 Å². The number of methoxy groups -OCH3 is 1. The molecule has 0 aliphatic carbocycles. The van der Waals surface area contributed by atoms with Crippen molar-refractivity contribution in [3.8, 4) is 5.75 Å². The Hall–Kier alpha value is -2.53. The Morgan fingerprint density at radius 3 is 2.42 bits per heavy atom. The second-order valence-electron chi connectivity index (χ2n) is 6.59. The van der Waals surface area contributed by atoms with Crippen molar-refractivity contribution < 1.29 is 9.53 Å². The van der Waals surface area contributed by atoms with Crippen molar-refractivity contribution in [2.75, 3.05) is 34.3 Å². The van der Waals surface area contributed by atoms with Crippen molar-refractivity contribution in [3.05, 3.63) is 65.2 Å². The Labute approximate surface area is 156 Å². The van der Waals surface area contributed by atoms with E-state index in [0.717, 1.165) is 17.7 Å². The van der Waals surface area contributed by atoms with E-state index >= 15 is 0 Å². The van der Waals surface area contributed by atoms with E-state index in [1.165, 1.54) is 11.1 Å². The van der Waals surface area contributed by atoms with Crippen LogP contribution in [0.4, 0.5) is 4.79 Å². The second kappa shape index (κ2) is 9.82. The molecule has 2 aromatic carbocycles. The number of likely N-dealkylation sites (N-methyl/N-ethyl adjacent to an activating group) is 1. The molecule has 0 aliphatic rings. The maximum Gasteiger partial charge on any atom is 0.314 e. The topological polar surface area (TPSA) is 53.6 Å². The number of rotatable bonds is 8. The zero-order valence-corrected chi connectivity index (χ0v) is 16.1. The average molecular weight is 355 g/mol. The first-order chi connectivity index (χ1) is 12.5. The van der Waals surface area contributed by atoms with E-state index < -0.39 is 0 Å². The van der Waals surface area contributed by atoms with Crippen molar-refractivity contribution in [2.24, 2.45) is 0 Å². The van der Waals surface area contributed by atoms with E-state index in [4.69, 9.17) is 4.74 Å². The Balaban J connectivity index is 1.82. The van der Waals surface area contributed by atoms with E-state index in [-0.39, 0.29) is 12.1 Å². The van der Waals surface area contributed by atoms with Crippen LogP contribution in [0.2, 0.25) is 0 Å². The number of benzene rings is 2. The molecule has 0 aromatic heterocycles. The van der Waals surface area contributed by atoms with Crippen LogP contribution in [0.25, 0.3) is 0 Å². The predicted octanol–water partition coefficient (Wildman–Crippen LogP) is 3.15. The van der Waals surface area contributed by atoms with Gasteiger partial charge in [-0.25, -0.2) is 4.79 Å². The number of para-hydroxylation sites is 1. The number of hydrogen-bond donors (Lipinski definition) is 2. The molecule has 0 saturated carbocycles. The molecule has 0 spiro atoms. The number of aryl methyl sites for hydroxylation is 1. The first-order valence-corrected chi connectivity index (χ1v) is 8.88. The van der Waals surface area contributed by atoms with Crippen molar-refractivity contribution >= 4 is 6.03 Å². The summed E-state index contributed by atoms with van der Waals surface area (Å²) in [6, 6.07) is 16.3. The molecule has 0 aliphatic heterocycles. The number of carbonyl (C=O) groups excluding carboxylic acids is 1. The van der Waals surface area contributed by atoms with Crippen LogP contribution in [0.5, 0.6) is 5.75 Å². The van der Waals surface area contributed by atoms with Gasteiger partial charge in [0.05, 0.1) is 13.2 Å². The molecule has 1 unspecified atom stereocenters. The average Bonchev–Trinajstić information content (AvgIpc) is 2.63. The highest BCUT2D eigenvalue weighted by atomic mass is 16.5. The highest BCUT2D eigenvalue weighted by Gasteiger charge is 2.15. The number of hydrogen-bond acceptors (Lipinski definition) is 3. The summed E-state index contributed by atoms with van der Waals surface area (Å²) in [5.74, 6) is 0.849. The minimum Gasteiger partial charge on any atom is -0.496 e. The van der Waals surface area contributed by atoms with E-state index in [2.05, 4.69) is 46.7 Å². The number of nitrogens with zero attached hydrogens (tertiary/aromatic N) is 1. The van der Waals surface area contributed by atoms with Crippen molar-refractivity contribution in [2.45, 2.75) is 19.4 Å². The maximum absolute atomic E-state index is 12.1. The summed E-state index contributed by atoms with van der Waals surface area (Å²) in [6.45, 7) is 3.18. The van der Waals surface area contributed by atoms with E-state index in [1.54, 1.807) is 7.11 Å². The summed E-state index contributed by atoms with van der Waals surface area (Å²) in [7, 11) is 5.70. The second-order valence-corrected chi connectivity index (χ2v) is 6.59. The lowest BCUT2D eigenvalue weighted by Crippen LogP contribution is -2.41. The van der Waals surface area contributed by atoms with Gasteiger partial charge in [-0.15, -0.1) is 0 Å². The highest BCUT2D eigenvalue weighted by Crippen LogP contribution is 2.18. The normalized spacial score (nSPS) is 11.9.